The highest BCUT2D eigenvalue weighted by molar-refractivity contribution is 7.98. The smallest absolute Gasteiger partial charge is 0.166 e. The summed E-state index contributed by atoms with van der Waals surface area (Å²) in [5.41, 5.74) is 3.05. The molecule has 0 aromatic carbocycles. The number of aromatic amines is 1. The van der Waals surface area contributed by atoms with Crippen molar-refractivity contribution < 1.29 is 4.74 Å². The monoisotopic (exact) mass is 277 g/mol. The summed E-state index contributed by atoms with van der Waals surface area (Å²) in [6, 6.07) is 3.79. The number of nitrogens with one attached hydrogen (secondary N) is 1. The molecule has 0 spiro atoms. The molecule has 0 atom stereocenters. The maximum absolute atomic E-state index is 5.27. The lowest BCUT2D eigenvalue weighted by Crippen LogP contribution is -1.93. The van der Waals surface area contributed by atoms with Gasteiger partial charge in [-0.15, -0.1) is 11.3 Å². The van der Waals surface area contributed by atoms with Crippen LogP contribution in [0, 0.1) is 0 Å². The van der Waals surface area contributed by atoms with E-state index in [1.165, 1.54) is 0 Å². The van der Waals surface area contributed by atoms with Crippen molar-refractivity contribution in [3.63, 3.8) is 0 Å². The van der Waals surface area contributed by atoms with Crippen LogP contribution in [0.4, 0.5) is 0 Å². The van der Waals surface area contributed by atoms with Gasteiger partial charge in [-0.2, -0.15) is 0 Å². The van der Waals surface area contributed by atoms with E-state index >= 15 is 0 Å². The second-order valence-electron chi connectivity index (χ2n) is 3.65. The Kier molecular flexibility index (Phi) is 3.21. The summed E-state index contributed by atoms with van der Waals surface area (Å²) in [6.45, 7) is 0. The van der Waals surface area contributed by atoms with E-state index in [9.17, 15) is 0 Å². The molecule has 18 heavy (non-hydrogen) atoms. The Morgan fingerprint density at radius 1 is 1.44 bits per heavy atom. The van der Waals surface area contributed by atoms with E-state index in [0.29, 0.717) is 0 Å². The summed E-state index contributed by atoms with van der Waals surface area (Å²) in [6.07, 6.45) is 1.78. The standard InChI is InChI=1S/C12H11N3OS2/c1-16-11-3-2-4-13-10(11)7-18-12-14-8-5-17-6-9(8)15-12/h2-6H,7H2,1H3,(H,14,15). The molecule has 3 aromatic heterocycles. The number of pyridine rings is 1. The van der Waals surface area contributed by atoms with Crippen LogP contribution in [0.3, 0.4) is 0 Å². The first-order valence-corrected chi connectivity index (χ1v) is 7.32. The number of thioether (sulfide) groups is 1. The third kappa shape index (κ3) is 2.21. The van der Waals surface area contributed by atoms with Gasteiger partial charge in [0.25, 0.3) is 0 Å². The molecule has 0 aliphatic heterocycles. The van der Waals surface area contributed by atoms with Crippen LogP contribution in [-0.2, 0) is 5.75 Å². The fourth-order valence-corrected chi connectivity index (χ4v) is 3.17. The third-order valence-electron chi connectivity index (χ3n) is 2.52. The predicted octanol–water partition coefficient (Wildman–Crippen LogP) is 3.32. The Bertz CT molecular complexity index is 633. The Labute approximate surface area is 112 Å². The first-order valence-electron chi connectivity index (χ1n) is 5.39. The normalized spacial score (nSPS) is 10.9. The third-order valence-corrected chi connectivity index (χ3v) is 4.13. The second kappa shape index (κ2) is 4.99. The van der Waals surface area contributed by atoms with Gasteiger partial charge in [-0.25, -0.2) is 4.98 Å². The van der Waals surface area contributed by atoms with E-state index < -0.39 is 0 Å². The number of fused-ring (bicyclic) bond motifs is 1. The van der Waals surface area contributed by atoms with E-state index in [4.69, 9.17) is 4.74 Å². The van der Waals surface area contributed by atoms with Crippen molar-refractivity contribution in [2.24, 2.45) is 0 Å². The number of methoxy groups -OCH3 is 1. The van der Waals surface area contributed by atoms with E-state index in [2.05, 4.69) is 20.3 Å². The van der Waals surface area contributed by atoms with Gasteiger partial charge < -0.3 is 9.72 Å². The zero-order valence-corrected chi connectivity index (χ0v) is 11.3. The molecule has 4 nitrogen and oxygen atoms in total. The number of H-pyrrole nitrogens is 1. The molecular weight excluding hydrogens is 266 g/mol. The minimum absolute atomic E-state index is 0.740. The van der Waals surface area contributed by atoms with Gasteiger partial charge in [-0.05, 0) is 12.1 Å². The number of hydrogen-bond acceptors (Lipinski definition) is 5. The van der Waals surface area contributed by atoms with Gasteiger partial charge in [-0.3, -0.25) is 4.98 Å². The van der Waals surface area contributed by atoms with Gasteiger partial charge in [0.05, 0.1) is 18.3 Å². The van der Waals surface area contributed by atoms with E-state index in [1.807, 2.05) is 17.5 Å². The Morgan fingerprint density at radius 2 is 2.39 bits per heavy atom. The maximum atomic E-state index is 5.27. The number of hydrogen-bond donors (Lipinski definition) is 1. The second-order valence-corrected chi connectivity index (χ2v) is 5.36. The van der Waals surface area contributed by atoms with Crippen LogP contribution in [0.2, 0.25) is 0 Å². The van der Waals surface area contributed by atoms with E-state index in [0.717, 1.165) is 33.4 Å². The molecular formula is C12H11N3OS2. The lowest BCUT2D eigenvalue weighted by Gasteiger charge is -2.05. The molecule has 1 N–H and O–H groups in total. The first-order chi connectivity index (χ1) is 8.86. The van der Waals surface area contributed by atoms with Crippen LogP contribution >= 0.6 is 23.1 Å². The highest BCUT2D eigenvalue weighted by atomic mass is 32.2. The van der Waals surface area contributed by atoms with Gasteiger partial charge in [-0.1, -0.05) is 11.8 Å². The molecule has 3 rings (SSSR count). The summed E-state index contributed by atoms with van der Waals surface area (Å²) in [5, 5.41) is 5.02. The molecule has 0 unspecified atom stereocenters. The van der Waals surface area contributed by atoms with Crippen LogP contribution in [-0.4, -0.2) is 22.1 Å². The zero-order valence-electron chi connectivity index (χ0n) is 9.71. The van der Waals surface area contributed by atoms with Crippen molar-refractivity contribution in [3.05, 3.63) is 34.8 Å². The van der Waals surface area contributed by atoms with Crippen molar-refractivity contribution >= 4 is 34.1 Å². The summed E-state index contributed by atoms with van der Waals surface area (Å²) in [4.78, 5) is 12.1. The van der Waals surface area contributed by atoms with Gasteiger partial charge in [0.1, 0.15) is 11.3 Å². The topological polar surface area (TPSA) is 50.8 Å². The molecule has 0 aliphatic carbocycles. The van der Waals surface area contributed by atoms with Gasteiger partial charge in [0.15, 0.2) is 5.16 Å². The Balaban J connectivity index is 1.76. The largest absolute Gasteiger partial charge is 0.495 e. The molecule has 0 fully saturated rings. The molecule has 92 valence electrons. The van der Waals surface area contributed by atoms with Crippen LogP contribution in [0.5, 0.6) is 5.75 Å². The fraction of sp³-hybridized carbons (Fsp3) is 0.167. The predicted molar refractivity (Wildman–Crippen MR) is 74.3 cm³/mol. The Hall–Kier alpha value is -1.53. The fourth-order valence-electron chi connectivity index (χ4n) is 1.65. The van der Waals surface area contributed by atoms with E-state index in [-0.39, 0.29) is 0 Å². The van der Waals surface area contributed by atoms with Crippen LogP contribution in [0.25, 0.3) is 11.0 Å². The number of ether oxygens (including phenoxy) is 1. The summed E-state index contributed by atoms with van der Waals surface area (Å²) < 4.78 is 5.27. The molecule has 0 radical (unpaired) electrons. The lowest BCUT2D eigenvalue weighted by atomic mass is 10.3. The number of rotatable bonds is 4. The average Bonchev–Trinajstić information content (AvgIpc) is 2.97. The molecule has 0 bridgehead atoms. The van der Waals surface area contributed by atoms with Crippen molar-refractivity contribution in [1.29, 1.82) is 0 Å². The summed E-state index contributed by atoms with van der Waals surface area (Å²) in [5.74, 6) is 1.56. The van der Waals surface area contributed by atoms with Crippen LogP contribution in [0.15, 0.2) is 34.2 Å². The zero-order chi connectivity index (χ0) is 12.4. The summed E-state index contributed by atoms with van der Waals surface area (Å²) in [7, 11) is 1.66. The van der Waals surface area contributed by atoms with Gasteiger partial charge >= 0.3 is 0 Å². The minimum atomic E-state index is 0.740. The molecule has 0 saturated heterocycles. The van der Waals surface area contributed by atoms with Gasteiger partial charge in [0.2, 0.25) is 0 Å². The van der Waals surface area contributed by atoms with Crippen molar-refractivity contribution in [3.8, 4) is 5.75 Å². The van der Waals surface area contributed by atoms with Crippen molar-refractivity contribution in [1.82, 2.24) is 15.0 Å². The van der Waals surface area contributed by atoms with E-state index in [1.54, 1.807) is 36.4 Å². The number of aromatic nitrogens is 3. The number of nitrogens with zero attached hydrogens (tertiary/aromatic N) is 2. The van der Waals surface area contributed by atoms with Crippen molar-refractivity contribution in [2.75, 3.05) is 7.11 Å². The highest BCUT2D eigenvalue weighted by Crippen LogP contribution is 2.27. The molecule has 3 aromatic rings. The lowest BCUT2D eigenvalue weighted by molar-refractivity contribution is 0.409. The molecule has 0 amide bonds. The first kappa shape index (κ1) is 11.6. The molecule has 0 saturated carbocycles. The average molecular weight is 277 g/mol. The quantitative estimate of drug-likeness (QED) is 0.743. The van der Waals surface area contributed by atoms with Crippen LogP contribution in [0.1, 0.15) is 5.69 Å². The number of imidazole rings is 1. The molecule has 6 heteroatoms. The summed E-state index contributed by atoms with van der Waals surface area (Å²) >= 11 is 3.28. The Morgan fingerprint density at radius 3 is 3.22 bits per heavy atom. The number of thiophene rings is 1. The van der Waals surface area contributed by atoms with Crippen LogP contribution < -0.4 is 4.74 Å². The molecule has 0 aliphatic rings. The van der Waals surface area contributed by atoms with Crippen molar-refractivity contribution in [2.45, 2.75) is 10.9 Å². The minimum Gasteiger partial charge on any atom is -0.495 e. The maximum Gasteiger partial charge on any atom is 0.166 e. The molecule has 3 heterocycles. The van der Waals surface area contributed by atoms with Gasteiger partial charge in [0, 0.05) is 22.7 Å². The SMILES string of the molecule is COc1cccnc1CSc1nc2cscc2[nH]1. The highest BCUT2D eigenvalue weighted by Gasteiger charge is 2.07.